The summed E-state index contributed by atoms with van der Waals surface area (Å²) in [5.74, 6) is 0.351. The number of hydrogen-bond acceptors (Lipinski definition) is 4. The Hall–Kier alpha value is -2.08. The van der Waals surface area contributed by atoms with Crippen LogP contribution in [0.25, 0.3) is 0 Å². The molecule has 1 N–H and O–H groups in total. The van der Waals surface area contributed by atoms with E-state index in [-0.39, 0.29) is 30.4 Å². The van der Waals surface area contributed by atoms with Crippen LogP contribution in [-0.2, 0) is 15.0 Å². The largest absolute Gasteiger partial charge is 0.482 e. The van der Waals surface area contributed by atoms with E-state index in [0.29, 0.717) is 24.0 Å². The van der Waals surface area contributed by atoms with Crippen molar-refractivity contribution in [3.05, 3.63) is 23.8 Å². The molecule has 0 aromatic heterocycles. The standard InChI is InChI=1S/C23H35N3O3/c1-17-8-5-6-12-25(17)13-7-11-24-21(27)15-26-19-14-18(23(2,3)4)9-10-20(19)29-16-22(26)28/h9-10,14,17H,5-8,11-13,15-16H2,1-4H3,(H,24,27)/t17-/m0/s1. The number of fused-ring (bicyclic) bond motifs is 1. The summed E-state index contributed by atoms with van der Waals surface area (Å²) in [5, 5.41) is 2.98. The van der Waals surface area contributed by atoms with E-state index in [2.05, 4.69) is 37.9 Å². The minimum Gasteiger partial charge on any atom is -0.482 e. The Kier molecular flexibility index (Phi) is 6.83. The van der Waals surface area contributed by atoms with Gasteiger partial charge in [0.1, 0.15) is 12.3 Å². The average molecular weight is 402 g/mol. The Morgan fingerprint density at radius 2 is 2.07 bits per heavy atom. The zero-order chi connectivity index (χ0) is 21.0. The maximum atomic E-state index is 12.5. The molecule has 2 heterocycles. The first kappa shape index (κ1) is 21.6. The molecule has 2 aliphatic heterocycles. The minimum atomic E-state index is -0.180. The molecule has 1 atom stereocenters. The van der Waals surface area contributed by atoms with Gasteiger partial charge in [-0.2, -0.15) is 0 Å². The lowest BCUT2D eigenvalue weighted by atomic mass is 9.86. The van der Waals surface area contributed by atoms with E-state index < -0.39 is 0 Å². The van der Waals surface area contributed by atoms with Crippen molar-refractivity contribution in [2.24, 2.45) is 0 Å². The van der Waals surface area contributed by atoms with Gasteiger partial charge in [0.2, 0.25) is 5.91 Å². The number of ether oxygens (including phenoxy) is 1. The molecule has 6 heteroatoms. The van der Waals surface area contributed by atoms with Crippen LogP contribution >= 0.6 is 0 Å². The van der Waals surface area contributed by atoms with Crippen LogP contribution in [0.4, 0.5) is 5.69 Å². The molecule has 0 bridgehead atoms. The van der Waals surface area contributed by atoms with Crippen LogP contribution in [-0.4, -0.2) is 55.5 Å². The van der Waals surface area contributed by atoms with Gasteiger partial charge < -0.3 is 15.0 Å². The van der Waals surface area contributed by atoms with E-state index in [1.165, 1.54) is 19.3 Å². The molecule has 2 amide bonds. The zero-order valence-corrected chi connectivity index (χ0v) is 18.3. The normalized spacial score (nSPS) is 20.2. The second-order valence-electron chi connectivity index (χ2n) is 9.29. The molecule has 1 fully saturated rings. The van der Waals surface area contributed by atoms with Gasteiger partial charge in [0.25, 0.3) is 5.91 Å². The lowest BCUT2D eigenvalue weighted by Crippen LogP contribution is -2.45. The highest BCUT2D eigenvalue weighted by Crippen LogP contribution is 2.36. The molecule has 0 spiro atoms. The highest BCUT2D eigenvalue weighted by molar-refractivity contribution is 6.02. The van der Waals surface area contributed by atoms with Gasteiger partial charge >= 0.3 is 0 Å². The van der Waals surface area contributed by atoms with Crippen molar-refractivity contribution < 1.29 is 14.3 Å². The summed E-state index contributed by atoms with van der Waals surface area (Å²) >= 11 is 0. The van der Waals surface area contributed by atoms with Gasteiger partial charge in [-0.05, 0) is 55.8 Å². The smallest absolute Gasteiger partial charge is 0.265 e. The van der Waals surface area contributed by atoms with Crippen LogP contribution in [0.3, 0.4) is 0 Å². The number of nitrogens with one attached hydrogen (secondary N) is 1. The van der Waals surface area contributed by atoms with Gasteiger partial charge in [-0.3, -0.25) is 14.5 Å². The number of piperidine rings is 1. The molecular formula is C23H35N3O3. The molecule has 1 aromatic carbocycles. The third-order valence-electron chi connectivity index (χ3n) is 5.95. The molecule has 0 saturated carbocycles. The number of hydrogen-bond donors (Lipinski definition) is 1. The Balaban J connectivity index is 1.55. The summed E-state index contributed by atoms with van der Waals surface area (Å²) in [7, 11) is 0. The van der Waals surface area contributed by atoms with Crippen molar-refractivity contribution in [2.75, 3.05) is 37.7 Å². The molecule has 2 aliphatic rings. The summed E-state index contributed by atoms with van der Waals surface area (Å²) in [5.41, 5.74) is 1.75. The van der Waals surface area contributed by atoms with Crippen LogP contribution in [0, 0.1) is 0 Å². The van der Waals surface area contributed by atoms with Gasteiger partial charge in [-0.1, -0.05) is 33.3 Å². The monoisotopic (exact) mass is 401 g/mol. The van der Waals surface area contributed by atoms with E-state index in [1.807, 2.05) is 18.2 Å². The molecule has 6 nitrogen and oxygen atoms in total. The predicted molar refractivity (Wildman–Crippen MR) is 116 cm³/mol. The fourth-order valence-corrected chi connectivity index (χ4v) is 4.04. The third kappa shape index (κ3) is 5.50. The summed E-state index contributed by atoms with van der Waals surface area (Å²) < 4.78 is 5.56. The first-order valence-electron chi connectivity index (χ1n) is 10.8. The van der Waals surface area contributed by atoms with Gasteiger partial charge in [-0.25, -0.2) is 0 Å². The Bertz CT molecular complexity index is 741. The van der Waals surface area contributed by atoms with E-state index >= 15 is 0 Å². The van der Waals surface area contributed by atoms with Crippen LogP contribution in [0.2, 0.25) is 0 Å². The first-order valence-corrected chi connectivity index (χ1v) is 10.8. The van der Waals surface area contributed by atoms with Crippen LogP contribution < -0.4 is 15.0 Å². The Morgan fingerprint density at radius 1 is 1.28 bits per heavy atom. The second-order valence-corrected chi connectivity index (χ2v) is 9.29. The van der Waals surface area contributed by atoms with E-state index in [4.69, 9.17) is 4.74 Å². The van der Waals surface area contributed by atoms with Crippen molar-refractivity contribution in [2.45, 2.75) is 64.8 Å². The number of carbonyl (C=O) groups excluding carboxylic acids is 2. The third-order valence-corrected chi connectivity index (χ3v) is 5.95. The molecule has 0 aliphatic carbocycles. The highest BCUT2D eigenvalue weighted by Gasteiger charge is 2.29. The van der Waals surface area contributed by atoms with Gasteiger partial charge in [0, 0.05) is 19.1 Å². The zero-order valence-electron chi connectivity index (χ0n) is 18.3. The van der Waals surface area contributed by atoms with Crippen molar-refractivity contribution in [1.29, 1.82) is 0 Å². The molecule has 1 aromatic rings. The van der Waals surface area contributed by atoms with E-state index in [9.17, 15) is 9.59 Å². The SMILES string of the molecule is C[C@H]1CCCCN1CCCNC(=O)CN1C(=O)COc2ccc(C(C)(C)C)cc21. The number of amides is 2. The molecule has 0 radical (unpaired) electrons. The maximum absolute atomic E-state index is 12.5. The molecule has 3 rings (SSSR count). The lowest BCUT2D eigenvalue weighted by molar-refractivity contribution is -0.125. The topological polar surface area (TPSA) is 61.9 Å². The Labute approximate surface area is 174 Å². The number of nitrogens with zero attached hydrogens (tertiary/aromatic N) is 2. The van der Waals surface area contributed by atoms with Gasteiger partial charge in [0.05, 0.1) is 5.69 Å². The number of anilines is 1. The number of likely N-dealkylation sites (tertiary alicyclic amines) is 1. The summed E-state index contributed by atoms with van der Waals surface area (Å²) in [4.78, 5) is 29.0. The highest BCUT2D eigenvalue weighted by atomic mass is 16.5. The van der Waals surface area contributed by atoms with E-state index in [0.717, 1.165) is 25.1 Å². The van der Waals surface area contributed by atoms with Crippen molar-refractivity contribution in [3.63, 3.8) is 0 Å². The summed E-state index contributed by atoms with van der Waals surface area (Å²) in [6, 6.07) is 6.53. The molecular weight excluding hydrogens is 366 g/mol. The predicted octanol–water partition coefficient (Wildman–Crippen LogP) is 3.09. The lowest BCUT2D eigenvalue weighted by Gasteiger charge is -2.33. The van der Waals surface area contributed by atoms with Crippen LogP contribution in [0.1, 0.15) is 58.9 Å². The molecule has 0 unspecified atom stereocenters. The quantitative estimate of drug-likeness (QED) is 0.744. The van der Waals surface area contributed by atoms with Crippen LogP contribution in [0.5, 0.6) is 5.75 Å². The number of rotatable bonds is 6. The summed E-state index contributed by atoms with van der Waals surface area (Å²) in [6.45, 7) is 11.5. The maximum Gasteiger partial charge on any atom is 0.265 e. The van der Waals surface area contributed by atoms with E-state index in [1.54, 1.807) is 4.90 Å². The fraction of sp³-hybridized carbons (Fsp3) is 0.652. The number of carbonyl (C=O) groups is 2. The molecule has 1 saturated heterocycles. The molecule has 160 valence electrons. The van der Waals surface area contributed by atoms with Crippen molar-refractivity contribution in [1.82, 2.24) is 10.2 Å². The first-order chi connectivity index (χ1) is 13.8. The van der Waals surface area contributed by atoms with Crippen molar-refractivity contribution >= 4 is 17.5 Å². The average Bonchev–Trinajstić information content (AvgIpc) is 2.67. The van der Waals surface area contributed by atoms with Gasteiger partial charge in [-0.15, -0.1) is 0 Å². The fourth-order valence-electron chi connectivity index (χ4n) is 4.04. The van der Waals surface area contributed by atoms with Crippen molar-refractivity contribution in [3.8, 4) is 5.75 Å². The van der Waals surface area contributed by atoms with Crippen LogP contribution in [0.15, 0.2) is 18.2 Å². The molecule has 29 heavy (non-hydrogen) atoms. The van der Waals surface area contributed by atoms with Gasteiger partial charge in [0.15, 0.2) is 6.61 Å². The Morgan fingerprint density at radius 3 is 2.79 bits per heavy atom. The number of benzene rings is 1. The second kappa shape index (κ2) is 9.16. The summed E-state index contributed by atoms with van der Waals surface area (Å²) in [6.07, 6.45) is 4.78. The minimum absolute atomic E-state index is 0.0258.